The van der Waals surface area contributed by atoms with Gasteiger partial charge in [-0.2, -0.15) is 5.26 Å². The highest BCUT2D eigenvalue weighted by atomic mass is 32.2. The van der Waals surface area contributed by atoms with Crippen LogP contribution in [-0.4, -0.2) is 22.0 Å². The van der Waals surface area contributed by atoms with Crippen molar-refractivity contribution in [3.63, 3.8) is 0 Å². The minimum Gasteiger partial charge on any atom is -0.396 e. The van der Waals surface area contributed by atoms with E-state index in [1.54, 1.807) is 24.1 Å². The third-order valence-corrected chi connectivity index (χ3v) is 3.29. The van der Waals surface area contributed by atoms with Crippen LogP contribution in [0.2, 0.25) is 0 Å². The lowest BCUT2D eigenvalue weighted by atomic mass is 10.2. The molecule has 92 valence electrons. The van der Waals surface area contributed by atoms with Crippen LogP contribution in [0.4, 0.5) is 11.4 Å². The Balaban J connectivity index is 3.16. The molecule has 0 saturated heterocycles. The van der Waals surface area contributed by atoms with Crippen LogP contribution in [0, 0.1) is 11.3 Å². The van der Waals surface area contributed by atoms with E-state index in [4.69, 9.17) is 16.1 Å². The van der Waals surface area contributed by atoms with Gasteiger partial charge in [0.1, 0.15) is 4.90 Å². The second-order valence-electron chi connectivity index (χ2n) is 3.56. The number of rotatable bonds is 4. The van der Waals surface area contributed by atoms with Gasteiger partial charge in [-0.15, -0.1) is 0 Å². The zero-order chi connectivity index (χ0) is 13.1. The molecule has 0 aliphatic heterocycles. The number of para-hydroxylation sites is 1. The molecule has 7 heteroatoms. The zero-order valence-corrected chi connectivity index (χ0v) is 10.2. The van der Waals surface area contributed by atoms with Crippen LogP contribution < -0.4 is 15.8 Å². The second kappa shape index (κ2) is 5.03. The van der Waals surface area contributed by atoms with E-state index in [-0.39, 0.29) is 10.6 Å². The number of hydrogen-bond donors (Lipinski definition) is 2. The maximum absolute atomic E-state index is 11.3. The molecule has 0 heterocycles. The third-order valence-electron chi connectivity index (χ3n) is 2.32. The molecule has 0 aliphatic rings. The van der Waals surface area contributed by atoms with Gasteiger partial charge in [0.15, 0.2) is 0 Å². The van der Waals surface area contributed by atoms with Gasteiger partial charge in [0, 0.05) is 13.6 Å². The Kier molecular flexibility index (Phi) is 3.93. The Morgan fingerprint density at radius 2 is 2.12 bits per heavy atom. The van der Waals surface area contributed by atoms with Gasteiger partial charge in [-0.25, -0.2) is 13.6 Å². The molecule has 0 aliphatic carbocycles. The van der Waals surface area contributed by atoms with Gasteiger partial charge >= 0.3 is 0 Å². The first-order chi connectivity index (χ1) is 7.88. The van der Waals surface area contributed by atoms with E-state index in [0.717, 1.165) is 0 Å². The number of benzene rings is 1. The summed E-state index contributed by atoms with van der Waals surface area (Å²) in [4.78, 5) is 1.62. The maximum Gasteiger partial charge on any atom is 0.240 e. The molecule has 0 spiro atoms. The van der Waals surface area contributed by atoms with Gasteiger partial charge in [0.25, 0.3) is 0 Å². The summed E-state index contributed by atoms with van der Waals surface area (Å²) in [7, 11) is -2.09. The molecule has 0 amide bonds. The van der Waals surface area contributed by atoms with E-state index in [1.807, 2.05) is 6.07 Å². The predicted molar refractivity (Wildman–Crippen MR) is 65.7 cm³/mol. The molecule has 1 rings (SSSR count). The van der Waals surface area contributed by atoms with Gasteiger partial charge in [0.05, 0.1) is 23.9 Å². The molecule has 0 fully saturated rings. The average molecular weight is 254 g/mol. The van der Waals surface area contributed by atoms with Crippen molar-refractivity contribution in [2.24, 2.45) is 5.14 Å². The summed E-state index contributed by atoms with van der Waals surface area (Å²) in [6.07, 6.45) is 0.329. The Bertz CT molecular complexity index is 548. The number of sulfonamides is 1. The highest BCUT2D eigenvalue weighted by Crippen LogP contribution is 2.28. The number of anilines is 2. The lowest BCUT2D eigenvalue weighted by Crippen LogP contribution is -2.21. The van der Waals surface area contributed by atoms with Gasteiger partial charge in [-0.3, -0.25) is 0 Å². The molecule has 17 heavy (non-hydrogen) atoms. The molecule has 0 atom stereocenters. The first-order valence-corrected chi connectivity index (χ1v) is 6.42. The molecule has 0 unspecified atom stereocenters. The number of primary sulfonamides is 1. The summed E-state index contributed by atoms with van der Waals surface area (Å²) in [6.45, 7) is 0.467. The normalized spacial score (nSPS) is 10.9. The summed E-state index contributed by atoms with van der Waals surface area (Å²) >= 11 is 0. The fourth-order valence-corrected chi connectivity index (χ4v) is 2.13. The summed E-state index contributed by atoms with van der Waals surface area (Å²) in [5, 5.41) is 13.5. The number of nitrogens with two attached hydrogens (primary N) is 2. The molecule has 6 nitrogen and oxygen atoms in total. The summed E-state index contributed by atoms with van der Waals surface area (Å²) in [6, 6.07) is 6.61. The molecule has 1 aromatic rings. The summed E-state index contributed by atoms with van der Waals surface area (Å²) in [5.41, 5.74) is 6.41. The quantitative estimate of drug-likeness (QED) is 0.748. The molecule has 0 bridgehead atoms. The van der Waals surface area contributed by atoms with Crippen LogP contribution in [0.25, 0.3) is 0 Å². The second-order valence-corrected chi connectivity index (χ2v) is 5.09. The Morgan fingerprint density at radius 3 is 2.65 bits per heavy atom. The van der Waals surface area contributed by atoms with Crippen LogP contribution in [0.5, 0.6) is 0 Å². The standard InChI is InChI=1S/C10H14N4O2S/c1-14(7-3-6-11)8-4-2-5-9(10(8)12)17(13,15)16/h2,4-5H,3,7,12H2,1H3,(H2,13,15,16). The van der Waals surface area contributed by atoms with E-state index in [9.17, 15) is 8.42 Å². The van der Waals surface area contributed by atoms with Crippen LogP contribution in [0.3, 0.4) is 0 Å². The van der Waals surface area contributed by atoms with Crippen LogP contribution >= 0.6 is 0 Å². The van der Waals surface area contributed by atoms with Gasteiger partial charge < -0.3 is 10.6 Å². The first kappa shape index (κ1) is 13.3. The predicted octanol–water partition coefficient (Wildman–Crippen LogP) is 0.266. The minimum absolute atomic E-state index is 0.0983. The van der Waals surface area contributed by atoms with E-state index < -0.39 is 10.0 Å². The SMILES string of the molecule is CN(CCC#N)c1cccc(S(N)(=O)=O)c1N. The highest BCUT2D eigenvalue weighted by molar-refractivity contribution is 7.89. The van der Waals surface area contributed by atoms with E-state index in [0.29, 0.717) is 18.7 Å². The first-order valence-electron chi connectivity index (χ1n) is 4.87. The van der Waals surface area contributed by atoms with Crippen molar-refractivity contribution in [1.82, 2.24) is 0 Å². The van der Waals surface area contributed by atoms with Gasteiger partial charge in [-0.1, -0.05) is 6.07 Å². The largest absolute Gasteiger partial charge is 0.396 e. The molecule has 0 radical (unpaired) electrons. The third kappa shape index (κ3) is 3.09. The van der Waals surface area contributed by atoms with Crippen molar-refractivity contribution in [2.75, 3.05) is 24.2 Å². The number of nitrogens with zero attached hydrogens (tertiary/aromatic N) is 2. The van der Waals surface area contributed by atoms with Crippen molar-refractivity contribution in [1.29, 1.82) is 5.26 Å². The molecule has 1 aromatic carbocycles. The van der Waals surface area contributed by atoms with E-state index >= 15 is 0 Å². The minimum atomic E-state index is -3.83. The lowest BCUT2D eigenvalue weighted by Gasteiger charge is -2.20. The van der Waals surface area contributed by atoms with E-state index in [1.165, 1.54) is 6.07 Å². The monoisotopic (exact) mass is 254 g/mol. The number of nitriles is 1. The van der Waals surface area contributed by atoms with Crippen molar-refractivity contribution in [2.45, 2.75) is 11.3 Å². The summed E-state index contributed by atoms with van der Waals surface area (Å²) < 4.78 is 22.5. The molecule has 0 saturated carbocycles. The summed E-state index contributed by atoms with van der Waals surface area (Å²) in [5.74, 6) is 0. The highest BCUT2D eigenvalue weighted by Gasteiger charge is 2.16. The smallest absolute Gasteiger partial charge is 0.240 e. The fourth-order valence-electron chi connectivity index (χ4n) is 1.45. The Hall–Kier alpha value is -1.78. The van der Waals surface area contributed by atoms with E-state index in [2.05, 4.69) is 0 Å². The van der Waals surface area contributed by atoms with Crippen LogP contribution in [0.1, 0.15) is 6.42 Å². The zero-order valence-electron chi connectivity index (χ0n) is 9.42. The van der Waals surface area contributed by atoms with Crippen LogP contribution in [0.15, 0.2) is 23.1 Å². The fraction of sp³-hybridized carbons (Fsp3) is 0.300. The molecular weight excluding hydrogens is 240 g/mol. The maximum atomic E-state index is 11.3. The molecule has 4 N–H and O–H groups in total. The Labute approximate surface area is 100 Å². The molecular formula is C10H14N4O2S. The van der Waals surface area contributed by atoms with Gasteiger partial charge in [-0.05, 0) is 12.1 Å². The average Bonchev–Trinajstić information content (AvgIpc) is 2.24. The van der Waals surface area contributed by atoms with Crippen LogP contribution in [-0.2, 0) is 10.0 Å². The van der Waals surface area contributed by atoms with Crippen molar-refractivity contribution in [3.05, 3.63) is 18.2 Å². The van der Waals surface area contributed by atoms with Crippen molar-refractivity contribution >= 4 is 21.4 Å². The molecule has 0 aromatic heterocycles. The lowest BCUT2D eigenvalue weighted by molar-refractivity contribution is 0.598. The topological polar surface area (TPSA) is 113 Å². The number of nitrogen functional groups attached to an aromatic ring is 1. The number of hydrogen-bond acceptors (Lipinski definition) is 5. The van der Waals surface area contributed by atoms with Crippen molar-refractivity contribution < 1.29 is 8.42 Å². The van der Waals surface area contributed by atoms with Crippen molar-refractivity contribution in [3.8, 4) is 6.07 Å². The van der Waals surface area contributed by atoms with Gasteiger partial charge in [0.2, 0.25) is 10.0 Å². The Morgan fingerprint density at radius 1 is 1.47 bits per heavy atom.